The topological polar surface area (TPSA) is 70.1 Å². The molecular formula is C11H9F3N2O2. The maximum Gasteiger partial charge on any atom is 0.430 e. The summed E-state index contributed by atoms with van der Waals surface area (Å²) in [5.41, 5.74) is 2.32. The van der Waals surface area contributed by atoms with Crippen LogP contribution in [0.3, 0.4) is 0 Å². The number of alkyl halides is 3. The summed E-state index contributed by atoms with van der Waals surface area (Å²) in [6, 6.07) is 10.2. The third kappa shape index (κ3) is 4.28. The first kappa shape index (κ1) is 13.8. The van der Waals surface area contributed by atoms with Gasteiger partial charge in [0.1, 0.15) is 12.2 Å². The third-order valence-corrected chi connectivity index (χ3v) is 1.85. The van der Waals surface area contributed by atoms with Gasteiger partial charge in [-0.05, 0) is 0 Å². The highest BCUT2D eigenvalue weighted by Crippen LogP contribution is 2.12. The zero-order valence-electron chi connectivity index (χ0n) is 8.99. The van der Waals surface area contributed by atoms with Gasteiger partial charge in [-0.15, -0.1) is 0 Å². The van der Waals surface area contributed by atoms with E-state index in [1.54, 1.807) is 0 Å². The van der Waals surface area contributed by atoms with Crippen molar-refractivity contribution in [2.75, 3.05) is 0 Å². The normalized spacial score (nSPS) is 10.4. The minimum absolute atomic E-state index is 1.12. The molecule has 0 radical (unpaired) electrons. The summed E-state index contributed by atoms with van der Waals surface area (Å²) in [6.07, 6.45) is -1.45. The second-order valence-corrected chi connectivity index (χ2v) is 3.16. The fourth-order valence-electron chi connectivity index (χ4n) is 1.07. The zero-order chi connectivity index (χ0) is 13.6. The van der Waals surface area contributed by atoms with E-state index < -0.39 is 12.1 Å². The quantitative estimate of drug-likeness (QED) is 0.821. The first-order valence-corrected chi connectivity index (χ1v) is 4.79. The summed E-state index contributed by atoms with van der Waals surface area (Å²) in [6.45, 7) is 0. The van der Waals surface area contributed by atoms with E-state index in [4.69, 9.17) is 9.90 Å². The molecule has 2 N–H and O–H groups in total. The Morgan fingerprint density at radius 1 is 1.22 bits per heavy atom. The van der Waals surface area contributed by atoms with Crippen molar-refractivity contribution < 1.29 is 28.1 Å². The third-order valence-electron chi connectivity index (χ3n) is 1.85. The zero-order valence-corrected chi connectivity index (χ0v) is 8.99. The Kier molecular flexibility index (Phi) is 4.47. The number of H-pyrrole nitrogens is 2. The van der Waals surface area contributed by atoms with E-state index in [2.05, 4.69) is 22.1 Å². The number of carbonyl (C=O) groups excluding carboxylic acids is 1. The van der Waals surface area contributed by atoms with Crippen LogP contribution in [0.2, 0.25) is 0 Å². The summed E-state index contributed by atoms with van der Waals surface area (Å²) < 4.78 is 31.5. The number of imidazole rings is 1. The molecule has 1 aromatic heterocycles. The summed E-state index contributed by atoms with van der Waals surface area (Å²) >= 11 is 0. The molecule has 2 rings (SSSR count). The number of rotatable bonds is 1. The Hall–Kier alpha value is -2.31. The predicted molar refractivity (Wildman–Crippen MR) is 53.8 cm³/mol. The molecule has 2 aromatic rings. The van der Waals surface area contributed by atoms with Crippen molar-refractivity contribution in [2.45, 2.75) is 6.18 Å². The number of halogens is 3. The second-order valence-electron chi connectivity index (χ2n) is 3.16. The van der Waals surface area contributed by atoms with Crippen LogP contribution in [0.1, 0.15) is 0 Å². The van der Waals surface area contributed by atoms with E-state index in [9.17, 15) is 13.2 Å². The van der Waals surface area contributed by atoms with E-state index >= 15 is 0 Å². The van der Waals surface area contributed by atoms with Crippen LogP contribution >= 0.6 is 0 Å². The van der Waals surface area contributed by atoms with Gasteiger partial charge in [0.2, 0.25) is 6.33 Å². The van der Waals surface area contributed by atoms with E-state index in [1.807, 2.05) is 30.7 Å². The number of carbonyl (C=O) groups is 1. The SMILES string of the molecule is O=C([O-])C(F)(F)F.c1ccc(-c2c[nH+]c[nH]2)cc1. The average molecular weight is 258 g/mol. The van der Waals surface area contributed by atoms with Gasteiger partial charge in [-0.1, -0.05) is 30.3 Å². The molecule has 18 heavy (non-hydrogen) atoms. The highest BCUT2D eigenvalue weighted by Gasteiger charge is 2.28. The van der Waals surface area contributed by atoms with E-state index in [0.29, 0.717) is 0 Å². The molecule has 4 nitrogen and oxygen atoms in total. The Morgan fingerprint density at radius 3 is 2.17 bits per heavy atom. The number of nitrogens with one attached hydrogen (secondary N) is 2. The maximum atomic E-state index is 10.5. The molecule has 1 aromatic carbocycles. The van der Waals surface area contributed by atoms with Gasteiger partial charge in [-0.3, -0.25) is 0 Å². The highest BCUT2D eigenvalue weighted by atomic mass is 19.4. The minimum atomic E-state index is -5.19. The van der Waals surface area contributed by atoms with Gasteiger partial charge in [0, 0.05) is 5.56 Å². The number of benzene rings is 1. The van der Waals surface area contributed by atoms with E-state index in [0.717, 1.165) is 5.69 Å². The number of hydrogen-bond acceptors (Lipinski definition) is 2. The Balaban J connectivity index is 0.000000203. The molecular weight excluding hydrogens is 249 g/mol. The van der Waals surface area contributed by atoms with Crippen molar-refractivity contribution in [3.05, 3.63) is 42.9 Å². The molecule has 96 valence electrons. The molecule has 0 saturated carbocycles. The maximum absolute atomic E-state index is 10.5. The summed E-state index contributed by atoms with van der Waals surface area (Å²) in [5, 5.41) is 8.78. The van der Waals surface area contributed by atoms with Crippen molar-refractivity contribution in [3.63, 3.8) is 0 Å². The molecule has 0 fully saturated rings. The van der Waals surface area contributed by atoms with Crippen LogP contribution in [-0.4, -0.2) is 17.1 Å². The summed E-state index contributed by atoms with van der Waals surface area (Å²) in [4.78, 5) is 14.9. The van der Waals surface area contributed by atoms with Gasteiger partial charge in [0.05, 0.1) is 0 Å². The number of hydrogen-bond donors (Lipinski definition) is 1. The number of aliphatic carboxylic acids is 1. The molecule has 0 bridgehead atoms. The van der Waals surface area contributed by atoms with Crippen LogP contribution in [0.4, 0.5) is 13.2 Å². The first-order chi connectivity index (χ1) is 8.41. The van der Waals surface area contributed by atoms with Gasteiger partial charge in [0.15, 0.2) is 5.69 Å². The highest BCUT2D eigenvalue weighted by molar-refractivity contribution is 5.70. The average Bonchev–Trinajstić information content (AvgIpc) is 2.83. The fourth-order valence-corrected chi connectivity index (χ4v) is 1.07. The lowest BCUT2D eigenvalue weighted by atomic mass is 10.2. The number of aromatic nitrogens is 2. The first-order valence-electron chi connectivity index (χ1n) is 4.79. The smallest absolute Gasteiger partial charge is 0.430 e. The lowest BCUT2D eigenvalue weighted by molar-refractivity contribution is -0.375. The van der Waals surface area contributed by atoms with Crippen molar-refractivity contribution in [2.24, 2.45) is 0 Å². The van der Waals surface area contributed by atoms with Crippen molar-refractivity contribution in [1.82, 2.24) is 4.98 Å². The van der Waals surface area contributed by atoms with Gasteiger partial charge in [-0.2, -0.15) is 13.2 Å². The molecule has 0 atom stereocenters. The second kappa shape index (κ2) is 5.85. The predicted octanol–water partition coefficient (Wildman–Crippen LogP) is 0.794. The molecule has 0 unspecified atom stereocenters. The fraction of sp³-hybridized carbons (Fsp3) is 0.0909. The van der Waals surface area contributed by atoms with Crippen molar-refractivity contribution in [3.8, 4) is 11.3 Å². The van der Waals surface area contributed by atoms with Crippen molar-refractivity contribution >= 4 is 5.97 Å². The summed E-state index contributed by atoms with van der Waals surface area (Å²) in [5.74, 6) is -3.01. The van der Waals surface area contributed by atoms with Crippen molar-refractivity contribution in [1.29, 1.82) is 0 Å². The monoisotopic (exact) mass is 258 g/mol. The molecule has 7 heteroatoms. The Bertz CT molecular complexity index is 481. The number of carboxylic acid groups (broad SMARTS) is 1. The molecule has 0 spiro atoms. The van der Waals surface area contributed by atoms with Crippen LogP contribution in [0.15, 0.2) is 42.9 Å². The number of carboxylic acids is 1. The van der Waals surface area contributed by atoms with Gasteiger partial charge < -0.3 is 9.90 Å². The molecule has 0 aliphatic heterocycles. The largest absolute Gasteiger partial charge is 0.542 e. The lowest BCUT2D eigenvalue weighted by Crippen LogP contribution is -2.37. The Morgan fingerprint density at radius 2 is 1.78 bits per heavy atom. The molecule has 1 heterocycles. The van der Waals surface area contributed by atoms with Gasteiger partial charge in [0.25, 0.3) is 0 Å². The standard InChI is InChI=1S/C9H8N2.C2HF3O2/c1-2-4-8(5-3-1)9-6-10-7-11-9;3-2(4,5)1(6)7/h1-7H,(H,10,11);(H,6,7). The van der Waals surface area contributed by atoms with Gasteiger partial charge in [-0.25, -0.2) is 9.97 Å². The lowest BCUT2D eigenvalue weighted by Gasteiger charge is -2.03. The molecule has 0 aliphatic carbocycles. The van der Waals surface area contributed by atoms with E-state index in [1.165, 1.54) is 5.56 Å². The summed E-state index contributed by atoms with van der Waals surface area (Å²) in [7, 11) is 0. The van der Waals surface area contributed by atoms with Crippen LogP contribution in [0, 0.1) is 0 Å². The van der Waals surface area contributed by atoms with Crippen LogP contribution in [0.5, 0.6) is 0 Å². The Labute approximate surface area is 100 Å². The minimum Gasteiger partial charge on any atom is -0.542 e. The van der Waals surface area contributed by atoms with Crippen LogP contribution < -0.4 is 10.1 Å². The van der Waals surface area contributed by atoms with Gasteiger partial charge >= 0.3 is 6.18 Å². The molecule has 0 saturated heterocycles. The van der Waals surface area contributed by atoms with E-state index in [-0.39, 0.29) is 0 Å². The van der Waals surface area contributed by atoms with Crippen LogP contribution in [-0.2, 0) is 4.79 Å². The molecule has 0 amide bonds. The van der Waals surface area contributed by atoms with Crippen LogP contribution in [0.25, 0.3) is 11.3 Å². The number of aromatic amines is 2. The molecule has 0 aliphatic rings.